The molecule has 1 N–H and O–H groups in total. The van der Waals surface area contributed by atoms with Crippen LogP contribution in [0.4, 0.5) is 0 Å². The van der Waals surface area contributed by atoms with Crippen molar-refractivity contribution >= 4 is 11.3 Å². The summed E-state index contributed by atoms with van der Waals surface area (Å²) in [6.07, 6.45) is 2.29. The minimum Gasteiger partial charge on any atom is -0.317 e. The van der Waals surface area contributed by atoms with E-state index in [0.29, 0.717) is 5.92 Å². The highest BCUT2D eigenvalue weighted by atomic mass is 32.1. The van der Waals surface area contributed by atoms with Crippen LogP contribution >= 0.6 is 11.3 Å². The molecule has 1 aliphatic heterocycles. The molecule has 18 heavy (non-hydrogen) atoms. The number of aromatic nitrogens is 2. The summed E-state index contributed by atoms with van der Waals surface area (Å²) in [6, 6.07) is 6.27. The van der Waals surface area contributed by atoms with Crippen molar-refractivity contribution in [3.63, 3.8) is 0 Å². The van der Waals surface area contributed by atoms with Gasteiger partial charge in [-0.2, -0.15) is 0 Å². The number of piperidine rings is 1. The Bertz CT molecular complexity index is 516. The lowest BCUT2D eigenvalue weighted by atomic mass is 9.97. The first kappa shape index (κ1) is 11.8. The van der Waals surface area contributed by atoms with Gasteiger partial charge in [-0.1, -0.05) is 6.07 Å². The Morgan fingerprint density at radius 3 is 2.83 bits per heavy atom. The van der Waals surface area contributed by atoms with Crippen molar-refractivity contribution < 1.29 is 0 Å². The molecule has 1 saturated heterocycles. The summed E-state index contributed by atoms with van der Waals surface area (Å²) in [4.78, 5) is 10.6. The zero-order chi connectivity index (χ0) is 12.4. The van der Waals surface area contributed by atoms with Crippen LogP contribution < -0.4 is 5.32 Å². The average Bonchev–Trinajstić information content (AvgIpc) is 2.93. The number of aryl methyl sites for hydroxylation is 1. The van der Waals surface area contributed by atoms with E-state index in [1.54, 1.807) is 11.3 Å². The van der Waals surface area contributed by atoms with Crippen LogP contribution in [0.2, 0.25) is 0 Å². The lowest BCUT2D eigenvalue weighted by molar-refractivity contribution is 0.444. The van der Waals surface area contributed by atoms with Gasteiger partial charge in [-0.15, -0.1) is 11.3 Å². The molecule has 0 aliphatic carbocycles. The first-order valence-corrected chi connectivity index (χ1v) is 7.31. The maximum Gasteiger partial charge on any atom is 0.132 e. The molecule has 3 rings (SSSR count). The van der Waals surface area contributed by atoms with Gasteiger partial charge in [0.05, 0.1) is 10.6 Å². The molecule has 3 heterocycles. The second-order valence-electron chi connectivity index (χ2n) is 4.75. The molecule has 0 amide bonds. The number of hydrogen-bond acceptors (Lipinski definition) is 4. The van der Waals surface area contributed by atoms with E-state index in [4.69, 9.17) is 4.98 Å². The highest BCUT2D eigenvalue weighted by molar-refractivity contribution is 7.13. The van der Waals surface area contributed by atoms with Gasteiger partial charge in [-0.3, -0.25) is 0 Å². The Morgan fingerprint density at radius 1 is 1.28 bits per heavy atom. The van der Waals surface area contributed by atoms with Crippen molar-refractivity contribution in [3.8, 4) is 10.6 Å². The third-order valence-corrected chi connectivity index (χ3v) is 4.24. The van der Waals surface area contributed by atoms with Crippen molar-refractivity contribution in [2.75, 3.05) is 13.1 Å². The molecular formula is C14H17N3S. The number of hydrogen-bond donors (Lipinski definition) is 1. The molecule has 0 radical (unpaired) electrons. The lowest BCUT2D eigenvalue weighted by Crippen LogP contribution is -2.27. The third kappa shape index (κ3) is 2.44. The van der Waals surface area contributed by atoms with Gasteiger partial charge in [0, 0.05) is 11.6 Å². The smallest absolute Gasteiger partial charge is 0.132 e. The molecular weight excluding hydrogens is 242 g/mol. The normalized spacial score (nSPS) is 16.9. The fourth-order valence-electron chi connectivity index (χ4n) is 2.40. The van der Waals surface area contributed by atoms with E-state index in [9.17, 15) is 0 Å². The quantitative estimate of drug-likeness (QED) is 0.901. The maximum absolute atomic E-state index is 4.77. The van der Waals surface area contributed by atoms with Gasteiger partial charge in [0.15, 0.2) is 0 Å². The third-order valence-electron chi connectivity index (χ3n) is 3.35. The van der Waals surface area contributed by atoms with E-state index in [1.807, 2.05) is 0 Å². The average molecular weight is 259 g/mol. The summed E-state index contributed by atoms with van der Waals surface area (Å²) in [7, 11) is 0. The van der Waals surface area contributed by atoms with Crippen LogP contribution in [0.5, 0.6) is 0 Å². The fourth-order valence-corrected chi connectivity index (χ4v) is 3.09. The molecule has 1 aliphatic rings. The molecule has 3 nitrogen and oxygen atoms in total. The van der Waals surface area contributed by atoms with Crippen molar-refractivity contribution in [2.24, 2.45) is 0 Å². The molecule has 4 heteroatoms. The van der Waals surface area contributed by atoms with Gasteiger partial charge < -0.3 is 5.32 Å². The second kappa shape index (κ2) is 5.16. The zero-order valence-electron chi connectivity index (χ0n) is 10.5. The Kier molecular flexibility index (Phi) is 3.39. The lowest BCUT2D eigenvalue weighted by Gasteiger charge is -2.21. The first-order valence-electron chi connectivity index (χ1n) is 6.43. The summed E-state index contributed by atoms with van der Waals surface area (Å²) < 4.78 is 0. The van der Waals surface area contributed by atoms with Crippen molar-refractivity contribution in [2.45, 2.75) is 25.7 Å². The Balaban J connectivity index is 1.95. The predicted octanol–water partition coefficient (Wildman–Crippen LogP) is 2.98. The predicted molar refractivity (Wildman–Crippen MR) is 74.9 cm³/mol. The second-order valence-corrected chi connectivity index (χ2v) is 5.70. The summed E-state index contributed by atoms with van der Waals surface area (Å²) >= 11 is 1.74. The maximum atomic E-state index is 4.77. The molecule has 2 aromatic heterocycles. The standard InChI is InChI=1S/C14H17N3S/c1-10-9-12(13-3-2-8-18-13)17-14(16-10)11-4-6-15-7-5-11/h2-3,8-9,11,15H,4-7H2,1H3. The Labute approximate surface area is 111 Å². The molecule has 0 aromatic carbocycles. The molecule has 2 aromatic rings. The zero-order valence-corrected chi connectivity index (χ0v) is 11.3. The SMILES string of the molecule is Cc1cc(-c2cccs2)nc(C2CCNCC2)n1. The highest BCUT2D eigenvalue weighted by Crippen LogP contribution is 2.27. The largest absolute Gasteiger partial charge is 0.317 e. The van der Waals surface area contributed by atoms with Crippen LogP contribution in [0.1, 0.15) is 30.3 Å². The van der Waals surface area contributed by atoms with Crippen molar-refractivity contribution in [3.05, 3.63) is 35.1 Å². The van der Waals surface area contributed by atoms with E-state index in [0.717, 1.165) is 43.1 Å². The number of nitrogens with one attached hydrogen (secondary N) is 1. The van der Waals surface area contributed by atoms with Crippen LogP contribution in [-0.4, -0.2) is 23.1 Å². The summed E-state index contributed by atoms with van der Waals surface area (Å²) in [6.45, 7) is 4.22. The Hall–Kier alpha value is -1.26. The van der Waals surface area contributed by atoms with Crippen LogP contribution in [0.15, 0.2) is 23.6 Å². The van der Waals surface area contributed by atoms with E-state index < -0.39 is 0 Å². The van der Waals surface area contributed by atoms with Crippen LogP contribution in [0, 0.1) is 6.92 Å². The topological polar surface area (TPSA) is 37.8 Å². The minimum absolute atomic E-state index is 0.518. The van der Waals surface area contributed by atoms with Crippen LogP contribution in [0.3, 0.4) is 0 Å². The van der Waals surface area contributed by atoms with Gasteiger partial charge in [0.1, 0.15) is 5.82 Å². The molecule has 94 valence electrons. The summed E-state index contributed by atoms with van der Waals surface area (Å²) in [5.41, 5.74) is 2.15. The number of thiophene rings is 1. The highest BCUT2D eigenvalue weighted by Gasteiger charge is 2.19. The van der Waals surface area contributed by atoms with Crippen molar-refractivity contribution in [1.29, 1.82) is 0 Å². The monoisotopic (exact) mass is 259 g/mol. The molecule has 0 bridgehead atoms. The van der Waals surface area contributed by atoms with Crippen LogP contribution in [0.25, 0.3) is 10.6 Å². The Morgan fingerprint density at radius 2 is 2.11 bits per heavy atom. The molecule has 1 fully saturated rings. The van der Waals surface area contributed by atoms with Gasteiger partial charge in [-0.05, 0) is 50.4 Å². The van der Waals surface area contributed by atoms with E-state index in [2.05, 4.69) is 40.8 Å². The van der Waals surface area contributed by atoms with E-state index in [1.165, 1.54) is 4.88 Å². The molecule has 0 saturated carbocycles. The molecule has 0 atom stereocenters. The van der Waals surface area contributed by atoms with E-state index >= 15 is 0 Å². The van der Waals surface area contributed by atoms with E-state index in [-0.39, 0.29) is 0 Å². The summed E-state index contributed by atoms with van der Waals surface area (Å²) in [5, 5.41) is 5.48. The van der Waals surface area contributed by atoms with Crippen molar-refractivity contribution in [1.82, 2.24) is 15.3 Å². The van der Waals surface area contributed by atoms with Gasteiger partial charge in [-0.25, -0.2) is 9.97 Å². The van der Waals surface area contributed by atoms with Crippen LogP contribution in [-0.2, 0) is 0 Å². The molecule has 0 spiro atoms. The molecule has 0 unspecified atom stereocenters. The first-order chi connectivity index (χ1) is 8.83. The van der Waals surface area contributed by atoms with Gasteiger partial charge >= 0.3 is 0 Å². The van der Waals surface area contributed by atoms with Gasteiger partial charge in [0.2, 0.25) is 0 Å². The summed E-state index contributed by atoms with van der Waals surface area (Å²) in [5.74, 6) is 1.55. The number of rotatable bonds is 2. The minimum atomic E-state index is 0.518. The van der Waals surface area contributed by atoms with Gasteiger partial charge in [0.25, 0.3) is 0 Å². The fraction of sp³-hybridized carbons (Fsp3) is 0.429. The number of nitrogens with zero attached hydrogens (tertiary/aromatic N) is 2.